The van der Waals surface area contributed by atoms with E-state index in [1.807, 2.05) is 0 Å². The number of nitrogens with one attached hydrogen (secondary N) is 1. The minimum absolute atomic E-state index is 0.158. The second-order valence-electron chi connectivity index (χ2n) is 4.34. The fourth-order valence-electron chi connectivity index (χ4n) is 1.59. The van der Waals surface area contributed by atoms with Gasteiger partial charge in [-0.25, -0.2) is 9.07 Å². The van der Waals surface area contributed by atoms with Gasteiger partial charge in [0.15, 0.2) is 11.4 Å². The van der Waals surface area contributed by atoms with Crippen molar-refractivity contribution < 1.29 is 19.4 Å². The quantitative estimate of drug-likeness (QED) is 0.773. The van der Waals surface area contributed by atoms with Crippen molar-refractivity contribution in [3.05, 3.63) is 42.0 Å². The monoisotopic (exact) mass is 279 g/mol. The molecular formula is C13H14FN3O3. The molecule has 0 fully saturated rings. The molecule has 6 nitrogen and oxygen atoms in total. The van der Waals surface area contributed by atoms with Crippen LogP contribution in [-0.4, -0.2) is 38.5 Å². The number of aromatic hydroxyl groups is 1. The molecule has 0 bridgehead atoms. The van der Waals surface area contributed by atoms with Gasteiger partial charge >= 0.3 is 0 Å². The number of benzene rings is 1. The third-order valence-corrected chi connectivity index (χ3v) is 2.65. The molecule has 106 valence electrons. The van der Waals surface area contributed by atoms with Crippen LogP contribution >= 0.6 is 0 Å². The first-order valence-electron chi connectivity index (χ1n) is 5.97. The summed E-state index contributed by atoms with van der Waals surface area (Å²) in [6.45, 7) is 1.40. The maximum Gasteiger partial charge on any atom is 0.275 e. The topological polar surface area (TPSA) is 87.4 Å². The van der Waals surface area contributed by atoms with Crippen molar-refractivity contribution in [3.8, 4) is 11.4 Å². The van der Waals surface area contributed by atoms with Crippen molar-refractivity contribution >= 4 is 5.91 Å². The standard InChI is InChI=1S/C13H14FN3O3/c1-8(7-18)15-13(20)12-11(19)6-17(16-12)10-4-2-9(14)3-5-10/h2-6,8,18-19H,7H2,1H3,(H,15,20). The van der Waals surface area contributed by atoms with Crippen LogP contribution in [0.2, 0.25) is 0 Å². The van der Waals surface area contributed by atoms with Crippen molar-refractivity contribution in [2.24, 2.45) is 0 Å². The van der Waals surface area contributed by atoms with Crippen LogP contribution in [0.1, 0.15) is 17.4 Å². The number of carbonyl (C=O) groups is 1. The molecule has 1 amide bonds. The molecule has 2 aromatic rings. The lowest BCUT2D eigenvalue weighted by atomic mass is 10.3. The number of nitrogens with zero attached hydrogens (tertiary/aromatic N) is 2. The Hall–Kier alpha value is -2.41. The molecule has 1 aromatic heterocycles. The second-order valence-corrected chi connectivity index (χ2v) is 4.34. The van der Waals surface area contributed by atoms with E-state index in [0.29, 0.717) is 5.69 Å². The zero-order valence-electron chi connectivity index (χ0n) is 10.7. The third kappa shape index (κ3) is 2.94. The molecule has 0 aliphatic rings. The van der Waals surface area contributed by atoms with E-state index in [9.17, 15) is 14.3 Å². The van der Waals surface area contributed by atoms with E-state index in [1.54, 1.807) is 6.92 Å². The summed E-state index contributed by atoms with van der Waals surface area (Å²) in [5, 5.41) is 25.0. The highest BCUT2D eigenvalue weighted by molar-refractivity contribution is 5.95. The molecule has 1 atom stereocenters. The number of carbonyl (C=O) groups excluding carboxylic acids is 1. The van der Waals surface area contributed by atoms with Gasteiger partial charge in [-0.2, -0.15) is 5.10 Å². The fourth-order valence-corrected chi connectivity index (χ4v) is 1.59. The molecule has 7 heteroatoms. The summed E-state index contributed by atoms with van der Waals surface area (Å²) in [6.07, 6.45) is 1.26. The Morgan fingerprint density at radius 3 is 2.70 bits per heavy atom. The molecular weight excluding hydrogens is 265 g/mol. The molecule has 1 unspecified atom stereocenters. The third-order valence-electron chi connectivity index (χ3n) is 2.65. The number of aromatic nitrogens is 2. The van der Waals surface area contributed by atoms with Gasteiger partial charge in [-0.3, -0.25) is 4.79 Å². The zero-order chi connectivity index (χ0) is 14.7. The summed E-state index contributed by atoms with van der Waals surface area (Å²) >= 11 is 0. The van der Waals surface area contributed by atoms with Crippen molar-refractivity contribution in [2.45, 2.75) is 13.0 Å². The van der Waals surface area contributed by atoms with Crippen molar-refractivity contribution in [1.82, 2.24) is 15.1 Å². The van der Waals surface area contributed by atoms with Gasteiger partial charge in [0.2, 0.25) is 0 Å². The summed E-state index contributed by atoms with van der Waals surface area (Å²) in [5.74, 6) is -1.28. The minimum Gasteiger partial charge on any atom is -0.504 e. The molecule has 1 heterocycles. The lowest BCUT2D eigenvalue weighted by Crippen LogP contribution is -2.35. The largest absolute Gasteiger partial charge is 0.504 e. The first-order valence-corrected chi connectivity index (χ1v) is 5.97. The molecule has 0 aliphatic heterocycles. The van der Waals surface area contributed by atoms with Crippen LogP contribution < -0.4 is 5.32 Å². The molecule has 3 N–H and O–H groups in total. The van der Waals surface area contributed by atoms with Gasteiger partial charge in [0, 0.05) is 6.04 Å². The van der Waals surface area contributed by atoms with Crippen LogP contribution in [0.3, 0.4) is 0 Å². The highest BCUT2D eigenvalue weighted by Gasteiger charge is 2.18. The van der Waals surface area contributed by atoms with E-state index in [-0.39, 0.29) is 23.9 Å². The van der Waals surface area contributed by atoms with Crippen LogP contribution in [0.15, 0.2) is 30.5 Å². The second kappa shape index (κ2) is 5.70. The maximum absolute atomic E-state index is 12.8. The van der Waals surface area contributed by atoms with Gasteiger partial charge in [-0.15, -0.1) is 0 Å². The molecule has 0 spiro atoms. The summed E-state index contributed by atoms with van der Waals surface area (Å²) in [7, 11) is 0. The summed E-state index contributed by atoms with van der Waals surface area (Å²) in [4.78, 5) is 11.8. The van der Waals surface area contributed by atoms with E-state index in [4.69, 9.17) is 5.11 Å². The minimum atomic E-state index is -0.593. The SMILES string of the molecule is CC(CO)NC(=O)c1nn(-c2ccc(F)cc2)cc1O. The van der Waals surface area contributed by atoms with Gasteiger partial charge < -0.3 is 15.5 Å². The first kappa shape index (κ1) is 14.0. The lowest BCUT2D eigenvalue weighted by Gasteiger charge is -2.08. The number of aliphatic hydroxyl groups is 1. The van der Waals surface area contributed by atoms with Gasteiger partial charge in [-0.1, -0.05) is 0 Å². The average molecular weight is 279 g/mol. The fraction of sp³-hybridized carbons (Fsp3) is 0.231. The van der Waals surface area contributed by atoms with Crippen LogP contribution in [0.4, 0.5) is 4.39 Å². The predicted molar refractivity (Wildman–Crippen MR) is 69.2 cm³/mol. The Morgan fingerprint density at radius 1 is 1.45 bits per heavy atom. The van der Waals surface area contributed by atoms with Crippen LogP contribution in [-0.2, 0) is 0 Å². The number of amides is 1. The van der Waals surface area contributed by atoms with Gasteiger partial charge in [0.05, 0.1) is 18.5 Å². The summed E-state index contributed by atoms with van der Waals surface area (Å²) in [5.41, 5.74) is 0.352. The molecule has 2 rings (SSSR count). The van der Waals surface area contributed by atoms with E-state index in [0.717, 1.165) is 0 Å². The Labute approximate surface area is 114 Å². The number of rotatable bonds is 4. The summed E-state index contributed by atoms with van der Waals surface area (Å²) in [6, 6.07) is 5.00. The molecule has 20 heavy (non-hydrogen) atoms. The van der Waals surface area contributed by atoms with Gasteiger partial charge in [0.1, 0.15) is 5.82 Å². The first-order chi connectivity index (χ1) is 9.51. The normalized spacial score (nSPS) is 12.2. The van der Waals surface area contributed by atoms with Crippen molar-refractivity contribution in [2.75, 3.05) is 6.61 Å². The van der Waals surface area contributed by atoms with Crippen molar-refractivity contribution in [3.63, 3.8) is 0 Å². The highest BCUT2D eigenvalue weighted by Crippen LogP contribution is 2.18. The smallest absolute Gasteiger partial charge is 0.275 e. The van der Waals surface area contributed by atoms with Crippen LogP contribution in [0, 0.1) is 5.82 Å². The Kier molecular flexibility index (Phi) is 3.99. The molecule has 1 aromatic carbocycles. The van der Waals surface area contributed by atoms with Gasteiger partial charge in [0.25, 0.3) is 5.91 Å². The zero-order valence-corrected chi connectivity index (χ0v) is 10.7. The van der Waals surface area contributed by atoms with Gasteiger partial charge in [-0.05, 0) is 31.2 Å². The molecule has 0 saturated heterocycles. The molecule has 0 saturated carbocycles. The predicted octanol–water partition coefficient (Wildman–Crippen LogP) is 0.828. The van der Waals surface area contributed by atoms with Crippen LogP contribution in [0.5, 0.6) is 5.75 Å². The lowest BCUT2D eigenvalue weighted by molar-refractivity contribution is 0.0914. The van der Waals surface area contributed by atoms with Crippen LogP contribution in [0.25, 0.3) is 5.69 Å². The average Bonchev–Trinajstić information content (AvgIpc) is 2.81. The van der Waals surface area contributed by atoms with Crippen molar-refractivity contribution in [1.29, 1.82) is 0 Å². The summed E-state index contributed by atoms with van der Waals surface area (Å²) < 4.78 is 14.1. The van der Waals surface area contributed by atoms with E-state index in [2.05, 4.69) is 10.4 Å². The Bertz CT molecular complexity index is 610. The Balaban J connectivity index is 2.25. The Morgan fingerprint density at radius 2 is 2.10 bits per heavy atom. The van der Waals surface area contributed by atoms with E-state index >= 15 is 0 Å². The maximum atomic E-state index is 12.8. The number of halogens is 1. The molecule has 0 radical (unpaired) electrons. The number of hydrogen-bond donors (Lipinski definition) is 3. The van der Waals surface area contributed by atoms with E-state index < -0.39 is 11.9 Å². The number of aliphatic hydroxyl groups excluding tert-OH is 1. The molecule has 0 aliphatic carbocycles. The number of hydrogen-bond acceptors (Lipinski definition) is 4. The highest BCUT2D eigenvalue weighted by atomic mass is 19.1. The van der Waals surface area contributed by atoms with E-state index in [1.165, 1.54) is 35.1 Å².